The Labute approximate surface area is 172 Å². The minimum absolute atomic E-state index is 0.0288. The van der Waals surface area contributed by atoms with E-state index in [4.69, 9.17) is 16.3 Å². The van der Waals surface area contributed by atoms with Crippen LogP contribution < -0.4 is 4.72 Å². The summed E-state index contributed by atoms with van der Waals surface area (Å²) in [6.45, 7) is 0.241. The van der Waals surface area contributed by atoms with Gasteiger partial charge in [-0.1, -0.05) is 17.7 Å². The zero-order valence-corrected chi connectivity index (χ0v) is 16.9. The predicted octanol–water partition coefficient (Wildman–Crippen LogP) is 3.36. The van der Waals surface area contributed by atoms with E-state index in [1.165, 1.54) is 30.3 Å². The van der Waals surface area contributed by atoms with E-state index in [2.05, 4.69) is 4.72 Å². The molecular weight excluding hydrogens is 421 g/mol. The predicted molar refractivity (Wildman–Crippen MR) is 105 cm³/mol. The molecule has 4 rings (SSSR count). The highest BCUT2D eigenvalue weighted by Gasteiger charge is 2.41. The maximum absolute atomic E-state index is 15.4. The van der Waals surface area contributed by atoms with Crippen LogP contribution in [0.1, 0.15) is 19.3 Å². The summed E-state index contributed by atoms with van der Waals surface area (Å²) in [5.74, 6) is -1.31. The minimum Gasteiger partial charge on any atom is -0.493 e. The molecule has 2 N–H and O–H groups in total. The van der Waals surface area contributed by atoms with E-state index in [9.17, 15) is 18.3 Å². The van der Waals surface area contributed by atoms with E-state index in [0.29, 0.717) is 41.4 Å². The Kier molecular flexibility index (Phi) is 5.27. The van der Waals surface area contributed by atoms with Crippen LogP contribution in [-0.2, 0) is 19.6 Å². The number of carboxylic acids is 1. The van der Waals surface area contributed by atoms with Gasteiger partial charge in [0, 0.05) is 17.1 Å². The monoisotopic (exact) mass is 439 g/mol. The van der Waals surface area contributed by atoms with Crippen LogP contribution in [0.25, 0.3) is 0 Å². The minimum atomic E-state index is -3.86. The molecule has 1 saturated heterocycles. The lowest BCUT2D eigenvalue weighted by atomic mass is 9.83. The second-order valence-electron chi connectivity index (χ2n) is 7.18. The van der Waals surface area contributed by atoms with Crippen LogP contribution in [-0.4, -0.2) is 38.8 Å². The van der Waals surface area contributed by atoms with Crippen LogP contribution in [0.5, 0.6) is 0 Å². The van der Waals surface area contributed by atoms with Crippen molar-refractivity contribution in [1.82, 2.24) is 4.72 Å². The molecular formula is C20H19ClFNO5S. The van der Waals surface area contributed by atoms with Crippen LogP contribution in [0, 0.1) is 5.92 Å². The van der Waals surface area contributed by atoms with Gasteiger partial charge in [-0.2, -0.15) is 0 Å². The third-order valence-electron chi connectivity index (χ3n) is 5.38. The zero-order chi connectivity index (χ0) is 20.8. The van der Waals surface area contributed by atoms with Crippen LogP contribution in [0.3, 0.4) is 0 Å². The molecule has 0 spiro atoms. The number of sulfonamides is 1. The van der Waals surface area contributed by atoms with Crippen molar-refractivity contribution in [2.75, 3.05) is 13.2 Å². The third kappa shape index (κ3) is 3.72. The largest absolute Gasteiger partial charge is 0.493 e. The number of alkyl halides is 1. The molecule has 2 atom stereocenters. The van der Waals surface area contributed by atoms with Crippen molar-refractivity contribution in [3.05, 3.63) is 63.4 Å². The van der Waals surface area contributed by atoms with E-state index >= 15 is 4.39 Å². The molecule has 1 heterocycles. The molecule has 0 amide bonds. The molecule has 1 fully saturated rings. The van der Waals surface area contributed by atoms with Gasteiger partial charge in [0.25, 0.3) is 0 Å². The van der Waals surface area contributed by atoms with Crippen LogP contribution >= 0.6 is 11.6 Å². The summed E-state index contributed by atoms with van der Waals surface area (Å²) in [5.41, 5.74) is 1.78. The van der Waals surface area contributed by atoms with Crippen molar-refractivity contribution < 1.29 is 27.4 Å². The van der Waals surface area contributed by atoms with Crippen molar-refractivity contribution >= 4 is 27.6 Å². The number of hydrogen-bond acceptors (Lipinski definition) is 4. The molecule has 3 aliphatic rings. The second kappa shape index (κ2) is 7.59. The molecule has 0 saturated carbocycles. The summed E-state index contributed by atoms with van der Waals surface area (Å²) in [5, 5.41) is 9.73. The Hall–Kier alpha value is -2.16. The van der Waals surface area contributed by atoms with Gasteiger partial charge in [0.2, 0.25) is 10.0 Å². The number of ether oxygens (including phenoxy) is 1. The Morgan fingerprint density at radius 3 is 2.69 bits per heavy atom. The van der Waals surface area contributed by atoms with Gasteiger partial charge in [-0.3, -0.25) is 4.79 Å². The van der Waals surface area contributed by atoms with E-state index in [1.54, 1.807) is 0 Å². The van der Waals surface area contributed by atoms with Crippen molar-refractivity contribution in [2.45, 2.75) is 30.3 Å². The highest BCUT2D eigenvalue weighted by molar-refractivity contribution is 7.89. The molecule has 2 aliphatic carbocycles. The molecule has 0 aromatic heterocycles. The molecule has 1 aromatic rings. The van der Waals surface area contributed by atoms with Crippen molar-refractivity contribution in [3.8, 4) is 0 Å². The standard InChI is InChI=1S/C20H19ClFNO5S/c21-12-3-5-13(6-4-12)29(26,27)23-10-17-14-2-1-7-28-19(14)16-9-11(20(24)25)8-15(16)18(17)22/h3-6,8,11,18,23H,1-2,7,9-10H2,(H,24,25). The first-order chi connectivity index (χ1) is 13.8. The summed E-state index contributed by atoms with van der Waals surface area (Å²) >= 11 is 5.80. The van der Waals surface area contributed by atoms with E-state index in [1.807, 2.05) is 0 Å². The fourth-order valence-electron chi connectivity index (χ4n) is 3.94. The molecule has 1 aliphatic heterocycles. The lowest BCUT2D eigenvalue weighted by molar-refractivity contribution is -0.139. The maximum atomic E-state index is 15.4. The third-order valence-corrected chi connectivity index (χ3v) is 7.05. The number of nitrogens with one attached hydrogen (secondary N) is 1. The van der Waals surface area contributed by atoms with E-state index < -0.39 is 28.1 Å². The maximum Gasteiger partial charge on any atom is 0.310 e. The van der Waals surface area contributed by atoms with Gasteiger partial charge >= 0.3 is 5.97 Å². The number of benzene rings is 1. The van der Waals surface area contributed by atoms with Gasteiger partial charge in [-0.15, -0.1) is 0 Å². The highest BCUT2D eigenvalue weighted by Crippen LogP contribution is 2.46. The average molecular weight is 440 g/mol. The molecule has 2 unspecified atom stereocenters. The molecule has 0 radical (unpaired) electrons. The smallest absolute Gasteiger partial charge is 0.310 e. The normalized spacial score (nSPS) is 24.0. The van der Waals surface area contributed by atoms with E-state index in [-0.39, 0.29) is 29.0 Å². The molecule has 6 nitrogen and oxygen atoms in total. The van der Waals surface area contributed by atoms with Crippen molar-refractivity contribution in [2.24, 2.45) is 5.92 Å². The Bertz CT molecular complexity index is 1060. The summed E-state index contributed by atoms with van der Waals surface area (Å²) in [6, 6.07) is 5.68. The topological polar surface area (TPSA) is 92.7 Å². The number of fused-ring (bicyclic) bond motifs is 2. The molecule has 1 aromatic carbocycles. The van der Waals surface area contributed by atoms with Gasteiger partial charge in [0.1, 0.15) is 11.9 Å². The first-order valence-corrected chi connectivity index (χ1v) is 11.1. The second-order valence-corrected chi connectivity index (χ2v) is 9.38. The Morgan fingerprint density at radius 2 is 2.00 bits per heavy atom. The van der Waals surface area contributed by atoms with Gasteiger partial charge in [-0.05, 0) is 60.2 Å². The van der Waals surface area contributed by atoms with Crippen molar-refractivity contribution in [1.29, 1.82) is 0 Å². The quantitative estimate of drug-likeness (QED) is 0.733. The number of hydrogen-bond donors (Lipinski definition) is 2. The number of allylic oxidation sites excluding steroid dienone is 3. The first-order valence-electron chi connectivity index (χ1n) is 9.20. The molecule has 29 heavy (non-hydrogen) atoms. The lowest BCUT2D eigenvalue weighted by Gasteiger charge is -2.32. The van der Waals surface area contributed by atoms with Gasteiger partial charge in [0.15, 0.2) is 0 Å². The number of carboxylic acid groups (broad SMARTS) is 1. The summed E-state index contributed by atoms with van der Waals surface area (Å²) in [4.78, 5) is 11.4. The SMILES string of the molecule is O=C(O)C1C=C2C(=C3OCCCC3=C(CNS(=O)(=O)c3ccc(Cl)cc3)C2F)C1. The zero-order valence-electron chi connectivity index (χ0n) is 15.3. The number of carbonyl (C=O) groups is 1. The van der Waals surface area contributed by atoms with E-state index in [0.717, 1.165) is 0 Å². The fourth-order valence-corrected chi connectivity index (χ4v) is 5.07. The Morgan fingerprint density at radius 1 is 1.28 bits per heavy atom. The number of halogens is 2. The molecule has 9 heteroatoms. The molecule has 0 bridgehead atoms. The first kappa shape index (κ1) is 20.1. The van der Waals surface area contributed by atoms with Gasteiger partial charge < -0.3 is 9.84 Å². The van der Waals surface area contributed by atoms with Crippen LogP contribution in [0.15, 0.2) is 63.3 Å². The summed E-state index contributed by atoms with van der Waals surface area (Å²) in [7, 11) is -3.86. The van der Waals surface area contributed by atoms with Gasteiger partial charge in [0.05, 0.1) is 17.4 Å². The molecule has 154 valence electrons. The summed E-state index contributed by atoms with van der Waals surface area (Å²) in [6.07, 6.45) is 1.28. The number of aliphatic carboxylic acids is 1. The van der Waals surface area contributed by atoms with Gasteiger partial charge in [-0.25, -0.2) is 17.5 Å². The Balaban J connectivity index is 1.65. The lowest BCUT2D eigenvalue weighted by Crippen LogP contribution is -2.32. The van der Waals surface area contributed by atoms with Crippen LogP contribution in [0.4, 0.5) is 4.39 Å². The summed E-state index contributed by atoms with van der Waals surface area (Å²) < 4.78 is 48.8. The van der Waals surface area contributed by atoms with Crippen molar-refractivity contribution in [3.63, 3.8) is 0 Å². The van der Waals surface area contributed by atoms with Crippen LogP contribution in [0.2, 0.25) is 5.02 Å². The fraction of sp³-hybridized carbons (Fsp3) is 0.350. The average Bonchev–Trinajstić information content (AvgIpc) is 3.15. The number of rotatable bonds is 5. The highest BCUT2D eigenvalue weighted by atomic mass is 35.5.